The summed E-state index contributed by atoms with van der Waals surface area (Å²) >= 11 is 0. The van der Waals surface area contributed by atoms with Crippen molar-refractivity contribution in [2.45, 2.75) is 12.6 Å². The molecule has 0 amide bonds. The highest BCUT2D eigenvalue weighted by atomic mass is 16.3. The monoisotopic (exact) mass is 168 g/mol. The predicted molar refractivity (Wildman–Crippen MR) is 44.2 cm³/mol. The first-order chi connectivity index (χ1) is 5.77. The Hall–Kier alpha value is -0.970. The van der Waals surface area contributed by atoms with Crippen LogP contribution < -0.4 is 5.73 Å². The molecule has 0 fully saturated rings. The lowest BCUT2D eigenvalue weighted by atomic mass is 10.2. The third kappa shape index (κ3) is 2.01. The minimum Gasteiger partial charge on any atom is -0.394 e. The normalized spacial score (nSPS) is 12.9. The smallest absolute Gasteiger partial charge is 0.0704 e. The van der Waals surface area contributed by atoms with Crippen LogP contribution >= 0.6 is 0 Å². The highest BCUT2D eigenvalue weighted by Gasteiger charge is 2.04. The van der Waals surface area contributed by atoms with Crippen LogP contribution in [0.25, 0.3) is 0 Å². The van der Waals surface area contributed by atoms with Crippen molar-refractivity contribution in [1.82, 2.24) is 4.98 Å². The van der Waals surface area contributed by atoms with E-state index >= 15 is 0 Å². The number of hydrogen-bond acceptors (Lipinski definition) is 4. The van der Waals surface area contributed by atoms with Crippen LogP contribution in [0.15, 0.2) is 18.3 Å². The van der Waals surface area contributed by atoms with Gasteiger partial charge >= 0.3 is 0 Å². The number of nitrogens with zero attached hydrogens (tertiary/aromatic N) is 1. The van der Waals surface area contributed by atoms with Crippen molar-refractivity contribution in [3.8, 4) is 0 Å². The predicted octanol–water partition coefficient (Wildman–Crippen LogP) is -0.434. The molecule has 1 aromatic heterocycles. The van der Waals surface area contributed by atoms with Crippen LogP contribution in [0.4, 0.5) is 0 Å². The van der Waals surface area contributed by atoms with E-state index in [1.54, 1.807) is 18.3 Å². The number of aliphatic hydroxyl groups is 2. The minimum absolute atomic E-state index is 0.0261. The SMILES string of the molecule is N[C@@H](CO)c1ccc(CO)cn1. The van der Waals surface area contributed by atoms with Gasteiger partial charge in [-0.2, -0.15) is 0 Å². The quantitative estimate of drug-likeness (QED) is 0.572. The summed E-state index contributed by atoms with van der Waals surface area (Å²) in [5, 5.41) is 17.4. The fourth-order valence-corrected chi connectivity index (χ4v) is 0.842. The molecular weight excluding hydrogens is 156 g/mol. The topological polar surface area (TPSA) is 79.4 Å². The number of nitrogens with two attached hydrogens (primary N) is 1. The Morgan fingerprint density at radius 2 is 2.17 bits per heavy atom. The van der Waals surface area contributed by atoms with Crippen LogP contribution in [0.1, 0.15) is 17.3 Å². The van der Waals surface area contributed by atoms with E-state index in [1.807, 2.05) is 0 Å². The fourth-order valence-electron chi connectivity index (χ4n) is 0.842. The maximum atomic E-state index is 8.70. The highest BCUT2D eigenvalue weighted by Crippen LogP contribution is 2.06. The maximum Gasteiger partial charge on any atom is 0.0704 e. The molecule has 0 bridgehead atoms. The van der Waals surface area contributed by atoms with Gasteiger partial charge in [0.1, 0.15) is 0 Å². The second kappa shape index (κ2) is 4.15. The van der Waals surface area contributed by atoms with E-state index in [0.717, 1.165) is 5.56 Å². The summed E-state index contributed by atoms with van der Waals surface area (Å²) in [6.45, 7) is -0.146. The van der Waals surface area contributed by atoms with Crippen LogP contribution in [0.2, 0.25) is 0 Å². The molecule has 1 aromatic rings. The van der Waals surface area contributed by atoms with E-state index in [2.05, 4.69) is 4.98 Å². The molecule has 0 aliphatic carbocycles. The first-order valence-corrected chi connectivity index (χ1v) is 3.70. The average molecular weight is 168 g/mol. The van der Waals surface area contributed by atoms with Gasteiger partial charge < -0.3 is 15.9 Å². The van der Waals surface area contributed by atoms with Gasteiger partial charge in [-0.1, -0.05) is 6.07 Å². The molecule has 1 heterocycles. The van der Waals surface area contributed by atoms with Gasteiger partial charge in [0.05, 0.1) is 24.9 Å². The number of hydrogen-bond donors (Lipinski definition) is 3. The second-order valence-electron chi connectivity index (χ2n) is 2.54. The standard InChI is InChI=1S/C8H12N2O2/c9-7(5-12)8-2-1-6(4-11)3-10-8/h1-3,7,11-12H,4-5,9H2/t7-/m0/s1. The Balaban J connectivity index is 2.77. The molecule has 0 aliphatic heterocycles. The lowest BCUT2D eigenvalue weighted by Gasteiger charge is -2.06. The molecule has 0 saturated carbocycles. The van der Waals surface area contributed by atoms with E-state index in [9.17, 15) is 0 Å². The van der Waals surface area contributed by atoms with Crippen molar-refractivity contribution >= 4 is 0 Å². The number of rotatable bonds is 3. The lowest BCUT2D eigenvalue weighted by Crippen LogP contribution is -2.15. The van der Waals surface area contributed by atoms with E-state index in [4.69, 9.17) is 15.9 Å². The summed E-state index contributed by atoms with van der Waals surface area (Å²) in [4.78, 5) is 3.98. The minimum atomic E-state index is -0.433. The van der Waals surface area contributed by atoms with Crippen LogP contribution in [-0.4, -0.2) is 21.8 Å². The lowest BCUT2D eigenvalue weighted by molar-refractivity contribution is 0.265. The van der Waals surface area contributed by atoms with Gasteiger partial charge in [0, 0.05) is 6.20 Å². The summed E-state index contributed by atoms with van der Waals surface area (Å²) in [5.74, 6) is 0. The molecule has 0 spiro atoms. The second-order valence-corrected chi connectivity index (χ2v) is 2.54. The van der Waals surface area contributed by atoms with Crippen molar-refractivity contribution < 1.29 is 10.2 Å². The van der Waals surface area contributed by atoms with Gasteiger partial charge in [-0.3, -0.25) is 4.98 Å². The molecule has 0 aromatic carbocycles. The maximum absolute atomic E-state index is 8.70. The van der Waals surface area contributed by atoms with Crippen molar-refractivity contribution in [3.05, 3.63) is 29.6 Å². The van der Waals surface area contributed by atoms with Gasteiger partial charge in [0.15, 0.2) is 0 Å². The number of aromatic nitrogens is 1. The molecule has 0 aliphatic rings. The molecule has 4 N–H and O–H groups in total. The summed E-state index contributed by atoms with van der Waals surface area (Å²) in [5.41, 5.74) is 6.88. The van der Waals surface area contributed by atoms with Crippen molar-refractivity contribution in [1.29, 1.82) is 0 Å². The first kappa shape index (κ1) is 9.12. The Morgan fingerprint density at radius 3 is 2.58 bits per heavy atom. The molecule has 0 radical (unpaired) electrons. The first-order valence-electron chi connectivity index (χ1n) is 3.70. The largest absolute Gasteiger partial charge is 0.394 e. The van der Waals surface area contributed by atoms with Crippen LogP contribution in [0, 0.1) is 0 Å². The van der Waals surface area contributed by atoms with E-state index < -0.39 is 6.04 Å². The van der Waals surface area contributed by atoms with Gasteiger partial charge in [-0.25, -0.2) is 0 Å². The molecule has 4 heteroatoms. The summed E-state index contributed by atoms with van der Waals surface area (Å²) in [6, 6.07) is 3.00. The molecule has 4 nitrogen and oxygen atoms in total. The highest BCUT2D eigenvalue weighted by molar-refractivity contribution is 5.15. The van der Waals surface area contributed by atoms with Gasteiger partial charge in [-0.15, -0.1) is 0 Å². The number of pyridine rings is 1. The van der Waals surface area contributed by atoms with Gasteiger partial charge in [0.25, 0.3) is 0 Å². The molecule has 0 unspecified atom stereocenters. The van der Waals surface area contributed by atoms with Crippen LogP contribution in [0.3, 0.4) is 0 Å². The Morgan fingerprint density at radius 1 is 1.42 bits per heavy atom. The summed E-state index contributed by atoms with van der Waals surface area (Å²) in [7, 11) is 0. The zero-order valence-electron chi connectivity index (χ0n) is 6.64. The average Bonchev–Trinajstić information content (AvgIpc) is 2.17. The van der Waals surface area contributed by atoms with Crippen LogP contribution in [-0.2, 0) is 6.61 Å². The summed E-state index contributed by atoms with van der Waals surface area (Å²) in [6.07, 6.45) is 1.55. The van der Waals surface area contributed by atoms with E-state index in [0.29, 0.717) is 5.69 Å². The van der Waals surface area contributed by atoms with Gasteiger partial charge in [-0.05, 0) is 11.6 Å². The molecule has 66 valence electrons. The fraction of sp³-hybridized carbons (Fsp3) is 0.375. The molecule has 1 atom stereocenters. The van der Waals surface area contributed by atoms with Crippen LogP contribution in [0.5, 0.6) is 0 Å². The Bertz CT molecular complexity index is 235. The third-order valence-electron chi connectivity index (χ3n) is 1.61. The molecule has 0 saturated heterocycles. The number of aliphatic hydroxyl groups excluding tert-OH is 2. The zero-order chi connectivity index (χ0) is 8.97. The molecular formula is C8H12N2O2. The van der Waals surface area contributed by atoms with Gasteiger partial charge in [0.2, 0.25) is 0 Å². The van der Waals surface area contributed by atoms with E-state index in [1.165, 1.54) is 0 Å². The van der Waals surface area contributed by atoms with E-state index in [-0.39, 0.29) is 13.2 Å². The van der Waals surface area contributed by atoms with Crippen molar-refractivity contribution in [2.24, 2.45) is 5.73 Å². The third-order valence-corrected chi connectivity index (χ3v) is 1.61. The summed E-state index contributed by atoms with van der Waals surface area (Å²) < 4.78 is 0. The van der Waals surface area contributed by atoms with Crippen molar-refractivity contribution in [3.63, 3.8) is 0 Å². The molecule has 1 rings (SSSR count). The Kier molecular flexibility index (Phi) is 3.16. The zero-order valence-corrected chi connectivity index (χ0v) is 6.64. The molecule has 12 heavy (non-hydrogen) atoms. The van der Waals surface area contributed by atoms with Crippen molar-refractivity contribution in [2.75, 3.05) is 6.61 Å². The Labute approximate surface area is 70.7 Å².